The molecule has 132 valence electrons. The first kappa shape index (κ1) is 17.3. The van der Waals surface area contributed by atoms with E-state index in [1.54, 1.807) is 0 Å². The van der Waals surface area contributed by atoms with Crippen molar-refractivity contribution < 1.29 is 9.53 Å². The lowest BCUT2D eigenvalue weighted by Crippen LogP contribution is -2.46. The molecule has 1 amide bonds. The van der Waals surface area contributed by atoms with Crippen LogP contribution in [0.3, 0.4) is 0 Å². The summed E-state index contributed by atoms with van der Waals surface area (Å²) in [5.74, 6) is 2.27. The average Bonchev–Trinajstić information content (AvgIpc) is 3.43. The first-order valence-electron chi connectivity index (χ1n) is 9.35. The number of carbonyl (C=O) groups is 1. The number of ether oxygens (including phenoxy) is 1. The second-order valence-electron chi connectivity index (χ2n) is 7.52. The number of nitrogens with one attached hydrogen (secondary N) is 1. The summed E-state index contributed by atoms with van der Waals surface area (Å²) in [4.78, 5) is 14.3. The van der Waals surface area contributed by atoms with Crippen LogP contribution in [0.25, 0.3) is 0 Å². The fourth-order valence-electron chi connectivity index (χ4n) is 3.19. The highest BCUT2D eigenvalue weighted by Gasteiger charge is 2.26. The minimum Gasteiger partial charge on any atom is -0.484 e. The zero-order valence-corrected chi connectivity index (χ0v) is 15.0. The molecule has 0 aromatic heterocycles. The second-order valence-corrected chi connectivity index (χ2v) is 7.52. The van der Waals surface area contributed by atoms with Gasteiger partial charge in [0.25, 0.3) is 5.91 Å². The van der Waals surface area contributed by atoms with Crippen molar-refractivity contribution in [2.45, 2.75) is 51.5 Å². The van der Waals surface area contributed by atoms with Crippen molar-refractivity contribution in [3.63, 3.8) is 0 Å². The summed E-state index contributed by atoms with van der Waals surface area (Å²) in [7, 11) is 0. The number of hydrogen-bond acceptors (Lipinski definition) is 3. The Morgan fingerprint density at radius 2 is 2.00 bits per heavy atom. The van der Waals surface area contributed by atoms with Gasteiger partial charge in [0.05, 0.1) is 0 Å². The van der Waals surface area contributed by atoms with Crippen LogP contribution in [0.5, 0.6) is 5.75 Å². The van der Waals surface area contributed by atoms with E-state index < -0.39 is 0 Å². The molecule has 0 unspecified atom stereocenters. The van der Waals surface area contributed by atoms with Gasteiger partial charge in [-0.15, -0.1) is 0 Å². The molecule has 24 heavy (non-hydrogen) atoms. The second kappa shape index (κ2) is 8.02. The smallest absolute Gasteiger partial charge is 0.260 e. The van der Waals surface area contributed by atoms with Crippen LogP contribution in [0.1, 0.15) is 51.0 Å². The predicted molar refractivity (Wildman–Crippen MR) is 96.4 cm³/mol. The Morgan fingerprint density at radius 1 is 1.25 bits per heavy atom. The number of likely N-dealkylation sites (tertiary alicyclic amines) is 1. The van der Waals surface area contributed by atoms with Gasteiger partial charge in [0.1, 0.15) is 5.75 Å². The number of benzene rings is 1. The van der Waals surface area contributed by atoms with Gasteiger partial charge in [-0.2, -0.15) is 0 Å². The Balaban J connectivity index is 1.40. The predicted octanol–water partition coefficient (Wildman–Crippen LogP) is 3.18. The summed E-state index contributed by atoms with van der Waals surface area (Å²) in [5, 5.41) is 3.65. The fraction of sp³-hybridized carbons (Fsp3) is 0.650. The molecule has 4 heteroatoms. The normalized spacial score (nSPS) is 18.9. The molecule has 1 aliphatic heterocycles. The molecule has 0 radical (unpaired) electrons. The van der Waals surface area contributed by atoms with Crippen molar-refractivity contribution >= 4 is 5.91 Å². The zero-order chi connectivity index (χ0) is 16.9. The third-order valence-corrected chi connectivity index (χ3v) is 5.13. The number of hydrogen-bond donors (Lipinski definition) is 1. The van der Waals surface area contributed by atoms with E-state index in [1.165, 1.54) is 18.4 Å². The highest BCUT2D eigenvalue weighted by Crippen LogP contribution is 2.28. The van der Waals surface area contributed by atoms with Crippen LogP contribution >= 0.6 is 0 Å². The van der Waals surface area contributed by atoms with Gasteiger partial charge >= 0.3 is 0 Å². The van der Waals surface area contributed by atoms with Crippen LogP contribution in [0, 0.1) is 5.92 Å². The van der Waals surface area contributed by atoms with Gasteiger partial charge in [0.2, 0.25) is 0 Å². The molecule has 1 aromatic carbocycles. The van der Waals surface area contributed by atoms with E-state index in [9.17, 15) is 4.79 Å². The number of amides is 1. The maximum Gasteiger partial charge on any atom is 0.260 e. The molecule has 1 heterocycles. The van der Waals surface area contributed by atoms with Gasteiger partial charge in [-0.1, -0.05) is 26.0 Å². The van der Waals surface area contributed by atoms with E-state index in [4.69, 9.17) is 4.74 Å². The molecule has 1 saturated carbocycles. The van der Waals surface area contributed by atoms with E-state index in [1.807, 2.05) is 23.1 Å². The Morgan fingerprint density at radius 3 is 2.67 bits per heavy atom. The van der Waals surface area contributed by atoms with Gasteiger partial charge in [0, 0.05) is 19.1 Å². The summed E-state index contributed by atoms with van der Waals surface area (Å²) in [6.07, 6.45) is 4.89. The van der Waals surface area contributed by atoms with Crippen molar-refractivity contribution in [1.82, 2.24) is 10.2 Å². The van der Waals surface area contributed by atoms with Crippen LogP contribution in [0.4, 0.5) is 0 Å². The quantitative estimate of drug-likeness (QED) is 0.835. The van der Waals surface area contributed by atoms with Crippen molar-refractivity contribution in [2.24, 2.45) is 5.92 Å². The van der Waals surface area contributed by atoms with E-state index in [-0.39, 0.29) is 12.5 Å². The standard InChI is InChI=1S/C20H30N2O2/c1-15(2)17-4-3-5-19(12-17)24-14-20(23)22-10-8-18(9-11-22)21-13-16-6-7-16/h3-5,12,15-16,18,21H,6-11,13-14H2,1-2H3. The monoisotopic (exact) mass is 330 g/mol. The summed E-state index contributed by atoms with van der Waals surface area (Å²) in [5.41, 5.74) is 1.24. The maximum atomic E-state index is 12.4. The van der Waals surface area contributed by atoms with Gasteiger partial charge in [-0.05, 0) is 61.8 Å². The Labute approximate surface area is 145 Å². The van der Waals surface area contributed by atoms with Crippen molar-refractivity contribution in [3.8, 4) is 5.75 Å². The maximum absolute atomic E-state index is 12.4. The van der Waals surface area contributed by atoms with Crippen LogP contribution in [-0.4, -0.2) is 43.1 Å². The van der Waals surface area contributed by atoms with E-state index in [2.05, 4.69) is 25.2 Å². The largest absolute Gasteiger partial charge is 0.484 e. The first-order valence-corrected chi connectivity index (χ1v) is 9.35. The zero-order valence-electron chi connectivity index (χ0n) is 15.0. The molecule has 2 aliphatic rings. The van der Waals surface area contributed by atoms with E-state index in [0.717, 1.165) is 44.1 Å². The summed E-state index contributed by atoms with van der Waals surface area (Å²) in [6.45, 7) is 7.31. The third kappa shape index (κ3) is 4.97. The molecule has 1 aromatic rings. The lowest BCUT2D eigenvalue weighted by Gasteiger charge is -2.32. The van der Waals surface area contributed by atoms with Crippen LogP contribution in [0.15, 0.2) is 24.3 Å². The minimum atomic E-state index is 0.102. The molecule has 1 N–H and O–H groups in total. The van der Waals surface area contributed by atoms with Crippen molar-refractivity contribution in [2.75, 3.05) is 26.2 Å². The lowest BCUT2D eigenvalue weighted by atomic mass is 10.0. The molecule has 2 fully saturated rings. The van der Waals surface area contributed by atoms with Gasteiger partial charge in [0.15, 0.2) is 6.61 Å². The first-order chi connectivity index (χ1) is 11.6. The van der Waals surface area contributed by atoms with Crippen LogP contribution in [0.2, 0.25) is 0 Å². The van der Waals surface area contributed by atoms with Crippen molar-refractivity contribution in [3.05, 3.63) is 29.8 Å². The molecule has 1 aliphatic carbocycles. The van der Waals surface area contributed by atoms with E-state index in [0.29, 0.717) is 12.0 Å². The topological polar surface area (TPSA) is 41.6 Å². The number of carbonyl (C=O) groups excluding carboxylic acids is 1. The van der Waals surface area contributed by atoms with E-state index >= 15 is 0 Å². The molecule has 3 rings (SSSR count). The Hall–Kier alpha value is -1.55. The van der Waals surface area contributed by atoms with Crippen LogP contribution in [-0.2, 0) is 4.79 Å². The van der Waals surface area contributed by atoms with Gasteiger partial charge in [-0.3, -0.25) is 4.79 Å². The fourth-order valence-corrected chi connectivity index (χ4v) is 3.19. The SMILES string of the molecule is CC(C)c1cccc(OCC(=O)N2CCC(NCC3CC3)CC2)c1. The Kier molecular flexibility index (Phi) is 5.77. The molecular formula is C20H30N2O2. The minimum absolute atomic E-state index is 0.102. The highest BCUT2D eigenvalue weighted by atomic mass is 16.5. The summed E-state index contributed by atoms with van der Waals surface area (Å²) >= 11 is 0. The molecule has 0 atom stereocenters. The number of piperidine rings is 1. The van der Waals surface area contributed by atoms with Gasteiger partial charge < -0.3 is 15.0 Å². The lowest BCUT2D eigenvalue weighted by molar-refractivity contribution is -0.134. The molecule has 0 spiro atoms. The van der Waals surface area contributed by atoms with Crippen LogP contribution < -0.4 is 10.1 Å². The van der Waals surface area contributed by atoms with Gasteiger partial charge in [-0.25, -0.2) is 0 Å². The van der Waals surface area contributed by atoms with Crippen molar-refractivity contribution in [1.29, 1.82) is 0 Å². The molecular weight excluding hydrogens is 300 g/mol. The molecule has 1 saturated heterocycles. The number of nitrogens with zero attached hydrogens (tertiary/aromatic N) is 1. The summed E-state index contributed by atoms with van der Waals surface area (Å²) < 4.78 is 5.72. The Bertz CT molecular complexity index is 546. The molecule has 4 nitrogen and oxygen atoms in total. The summed E-state index contributed by atoms with van der Waals surface area (Å²) in [6, 6.07) is 8.63. The number of rotatable bonds is 7. The highest BCUT2D eigenvalue weighted by molar-refractivity contribution is 5.77. The average molecular weight is 330 g/mol. The molecule has 0 bridgehead atoms. The third-order valence-electron chi connectivity index (χ3n) is 5.13.